The van der Waals surface area contributed by atoms with E-state index < -0.39 is 11.6 Å². The molecule has 0 aliphatic rings. The van der Waals surface area contributed by atoms with Gasteiger partial charge in [-0.1, -0.05) is 35.5 Å². The Balaban J connectivity index is 1.33. The van der Waals surface area contributed by atoms with E-state index >= 15 is 0 Å². The average molecular weight is 391 g/mol. The highest BCUT2D eigenvalue weighted by Crippen LogP contribution is 2.22. The van der Waals surface area contributed by atoms with E-state index in [2.05, 4.69) is 5.16 Å². The molecule has 0 saturated carbocycles. The Morgan fingerprint density at radius 1 is 1.07 bits per heavy atom. The predicted octanol–water partition coefficient (Wildman–Crippen LogP) is 3.88. The van der Waals surface area contributed by atoms with Crippen molar-refractivity contribution in [3.05, 3.63) is 82.3 Å². The minimum absolute atomic E-state index is 0.0235. The van der Waals surface area contributed by atoms with Gasteiger partial charge in [-0.3, -0.25) is 0 Å². The quantitative estimate of drug-likeness (QED) is 0.364. The highest BCUT2D eigenvalue weighted by Gasteiger charge is 2.11. The molecule has 0 N–H and O–H groups in total. The SMILES string of the molecule is Cc1cc(=O)oc2cc(OCC(=O)OCc3cc(-c4ccccc4)on3)ccc12. The van der Waals surface area contributed by atoms with Gasteiger partial charge in [-0.05, 0) is 24.6 Å². The van der Waals surface area contributed by atoms with Crippen molar-refractivity contribution in [2.75, 3.05) is 6.61 Å². The van der Waals surface area contributed by atoms with Gasteiger partial charge in [0.15, 0.2) is 12.4 Å². The molecule has 0 bridgehead atoms. The van der Waals surface area contributed by atoms with Gasteiger partial charge in [-0.2, -0.15) is 0 Å². The Morgan fingerprint density at radius 3 is 2.72 bits per heavy atom. The summed E-state index contributed by atoms with van der Waals surface area (Å²) in [4.78, 5) is 23.5. The number of hydrogen-bond donors (Lipinski definition) is 0. The maximum absolute atomic E-state index is 12.0. The summed E-state index contributed by atoms with van der Waals surface area (Å²) in [5.41, 5.74) is 2.16. The van der Waals surface area contributed by atoms with Crippen molar-refractivity contribution in [3.63, 3.8) is 0 Å². The van der Waals surface area contributed by atoms with Gasteiger partial charge in [-0.15, -0.1) is 0 Å². The number of nitrogens with zero attached hydrogens (tertiary/aromatic N) is 1. The van der Waals surface area contributed by atoms with Crippen LogP contribution in [-0.2, 0) is 16.1 Å². The number of fused-ring (bicyclic) bond motifs is 1. The molecule has 0 saturated heterocycles. The number of esters is 1. The molecule has 0 fully saturated rings. The predicted molar refractivity (Wildman–Crippen MR) is 104 cm³/mol. The molecule has 7 heteroatoms. The second kappa shape index (κ2) is 8.02. The van der Waals surface area contributed by atoms with Crippen molar-refractivity contribution in [1.82, 2.24) is 5.16 Å². The van der Waals surface area contributed by atoms with E-state index in [1.807, 2.05) is 37.3 Å². The summed E-state index contributed by atoms with van der Waals surface area (Å²) in [6.07, 6.45) is 0. The maximum atomic E-state index is 12.0. The van der Waals surface area contributed by atoms with Crippen molar-refractivity contribution in [3.8, 4) is 17.1 Å². The van der Waals surface area contributed by atoms with E-state index in [9.17, 15) is 9.59 Å². The van der Waals surface area contributed by atoms with Crippen LogP contribution in [0.25, 0.3) is 22.3 Å². The number of carbonyl (C=O) groups is 1. The van der Waals surface area contributed by atoms with Crippen LogP contribution >= 0.6 is 0 Å². The first-order valence-electron chi connectivity index (χ1n) is 8.92. The number of rotatable bonds is 6. The lowest BCUT2D eigenvalue weighted by Crippen LogP contribution is -2.14. The van der Waals surface area contributed by atoms with Crippen molar-refractivity contribution in [2.45, 2.75) is 13.5 Å². The minimum Gasteiger partial charge on any atom is -0.482 e. The normalized spacial score (nSPS) is 10.8. The van der Waals surface area contributed by atoms with Crippen LogP contribution in [0.1, 0.15) is 11.3 Å². The van der Waals surface area contributed by atoms with Crippen molar-refractivity contribution in [2.24, 2.45) is 0 Å². The fraction of sp³-hybridized carbons (Fsp3) is 0.136. The highest BCUT2D eigenvalue weighted by atomic mass is 16.6. The second-order valence-electron chi connectivity index (χ2n) is 6.40. The van der Waals surface area contributed by atoms with Crippen LogP contribution < -0.4 is 10.4 Å². The Kier molecular flexibility index (Phi) is 5.11. The summed E-state index contributed by atoms with van der Waals surface area (Å²) >= 11 is 0. The maximum Gasteiger partial charge on any atom is 0.344 e. The summed E-state index contributed by atoms with van der Waals surface area (Å²) in [6.45, 7) is 1.51. The molecular weight excluding hydrogens is 374 g/mol. The molecule has 146 valence electrons. The fourth-order valence-electron chi connectivity index (χ4n) is 2.85. The molecule has 7 nitrogen and oxygen atoms in total. The van der Waals surface area contributed by atoms with Gasteiger partial charge < -0.3 is 18.4 Å². The van der Waals surface area contributed by atoms with Crippen molar-refractivity contribution in [1.29, 1.82) is 0 Å². The monoisotopic (exact) mass is 391 g/mol. The molecule has 4 aromatic rings. The van der Waals surface area contributed by atoms with Gasteiger partial charge in [0.05, 0.1) is 0 Å². The molecule has 2 aromatic carbocycles. The smallest absolute Gasteiger partial charge is 0.344 e. The largest absolute Gasteiger partial charge is 0.482 e. The summed E-state index contributed by atoms with van der Waals surface area (Å²) < 4.78 is 21.0. The topological polar surface area (TPSA) is 91.8 Å². The first-order chi connectivity index (χ1) is 14.1. The average Bonchev–Trinajstić information content (AvgIpc) is 3.20. The molecular formula is C22H17NO6. The molecule has 0 atom stereocenters. The Bertz CT molecular complexity index is 1210. The molecule has 2 aromatic heterocycles. The zero-order chi connectivity index (χ0) is 20.2. The molecule has 2 heterocycles. The third-order valence-corrected chi connectivity index (χ3v) is 4.28. The molecule has 0 aliphatic carbocycles. The number of aryl methyl sites for hydroxylation is 1. The van der Waals surface area contributed by atoms with Crippen LogP contribution in [0.2, 0.25) is 0 Å². The number of ether oxygens (including phenoxy) is 2. The lowest BCUT2D eigenvalue weighted by atomic mass is 10.1. The van der Waals surface area contributed by atoms with Crippen LogP contribution in [0.5, 0.6) is 5.75 Å². The number of aromatic nitrogens is 1. The van der Waals surface area contributed by atoms with E-state index in [0.29, 0.717) is 22.8 Å². The first-order valence-corrected chi connectivity index (χ1v) is 8.92. The Labute approximate surface area is 165 Å². The molecule has 0 spiro atoms. The zero-order valence-electron chi connectivity index (χ0n) is 15.6. The van der Waals surface area contributed by atoms with E-state index in [0.717, 1.165) is 16.5 Å². The Morgan fingerprint density at radius 2 is 1.90 bits per heavy atom. The van der Waals surface area contributed by atoms with E-state index in [4.69, 9.17) is 18.4 Å². The van der Waals surface area contributed by atoms with Crippen molar-refractivity contribution < 1.29 is 23.2 Å². The van der Waals surface area contributed by atoms with Crippen molar-refractivity contribution >= 4 is 16.9 Å². The number of hydrogen-bond acceptors (Lipinski definition) is 7. The molecule has 0 aliphatic heterocycles. The minimum atomic E-state index is -0.556. The van der Waals surface area contributed by atoms with Gasteiger partial charge in [-0.25, -0.2) is 9.59 Å². The number of carbonyl (C=O) groups excluding carboxylic acids is 1. The van der Waals surface area contributed by atoms with Gasteiger partial charge in [0.1, 0.15) is 23.6 Å². The molecule has 29 heavy (non-hydrogen) atoms. The van der Waals surface area contributed by atoms with Crippen LogP contribution in [0.3, 0.4) is 0 Å². The zero-order valence-corrected chi connectivity index (χ0v) is 15.6. The third kappa shape index (κ3) is 4.35. The van der Waals surface area contributed by atoms with Crippen LogP contribution in [0, 0.1) is 6.92 Å². The third-order valence-electron chi connectivity index (χ3n) is 4.28. The van der Waals surface area contributed by atoms with E-state index in [1.165, 1.54) is 6.07 Å². The van der Waals surface area contributed by atoms with Crippen LogP contribution in [0.4, 0.5) is 0 Å². The second-order valence-corrected chi connectivity index (χ2v) is 6.40. The number of benzene rings is 2. The standard InChI is InChI=1S/C22H17NO6/c1-14-9-21(24)28-20-11-17(7-8-18(14)20)26-13-22(25)27-12-16-10-19(29-23-16)15-5-3-2-4-6-15/h2-11H,12-13H2,1H3. The summed E-state index contributed by atoms with van der Waals surface area (Å²) in [6, 6.07) is 17.7. The highest BCUT2D eigenvalue weighted by molar-refractivity contribution is 5.81. The lowest BCUT2D eigenvalue weighted by Gasteiger charge is -2.07. The summed E-state index contributed by atoms with van der Waals surface area (Å²) in [5.74, 6) is 0.442. The van der Waals surface area contributed by atoms with Gasteiger partial charge in [0, 0.05) is 29.1 Å². The lowest BCUT2D eigenvalue weighted by molar-refractivity contribution is -0.147. The molecule has 0 unspecified atom stereocenters. The molecule has 0 radical (unpaired) electrons. The van der Waals surface area contributed by atoms with Gasteiger partial charge in [0.2, 0.25) is 0 Å². The van der Waals surface area contributed by atoms with E-state index in [-0.39, 0.29) is 13.2 Å². The van der Waals surface area contributed by atoms with Gasteiger partial charge in [0.25, 0.3) is 0 Å². The fourth-order valence-corrected chi connectivity index (χ4v) is 2.85. The van der Waals surface area contributed by atoms with E-state index in [1.54, 1.807) is 24.3 Å². The summed E-state index contributed by atoms with van der Waals surface area (Å²) in [7, 11) is 0. The Hall–Kier alpha value is -3.87. The molecule has 0 amide bonds. The molecule has 4 rings (SSSR count). The van der Waals surface area contributed by atoms with Crippen LogP contribution in [0.15, 0.2) is 74.4 Å². The summed E-state index contributed by atoms with van der Waals surface area (Å²) in [5, 5.41) is 4.70. The van der Waals surface area contributed by atoms with Gasteiger partial charge >= 0.3 is 11.6 Å². The van der Waals surface area contributed by atoms with Crippen LogP contribution in [-0.4, -0.2) is 17.7 Å². The first kappa shape index (κ1) is 18.5.